The van der Waals surface area contributed by atoms with E-state index < -0.39 is 0 Å². The summed E-state index contributed by atoms with van der Waals surface area (Å²) in [7, 11) is 0. The molecule has 4 rings (SSSR count). The number of benzene rings is 2. The summed E-state index contributed by atoms with van der Waals surface area (Å²) in [5, 5.41) is 6.57. The molecule has 0 saturated heterocycles. The van der Waals surface area contributed by atoms with Gasteiger partial charge in [0.25, 0.3) is 0 Å². The molecular formula is C22H24N4O3. The molecule has 7 nitrogen and oxygen atoms in total. The van der Waals surface area contributed by atoms with Crippen molar-refractivity contribution in [3.05, 3.63) is 54.2 Å². The number of nitrogens with zero attached hydrogens (tertiary/aromatic N) is 2. The van der Waals surface area contributed by atoms with Crippen LogP contribution in [-0.2, 0) is 0 Å². The van der Waals surface area contributed by atoms with Gasteiger partial charge in [0.05, 0.1) is 11.8 Å². The van der Waals surface area contributed by atoms with Crippen molar-refractivity contribution in [2.24, 2.45) is 0 Å². The molecule has 2 N–H and O–H groups in total. The first-order valence-electron chi connectivity index (χ1n) is 9.62. The van der Waals surface area contributed by atoms with Crippen molar-refractivity contribution in [2.75, 3.05) is 23.8 Å². The van der Waals surface area contributed by atoms with Crippen molar-refractivity contribution >= 4 is 23.1 Å². The highest BCUT2D eigenvalue weighted by Crippen LogP contribution is 2.34. The minimum atomic E-state index is 0.0730. The Balaban J connectivity index is 1.56. The van der Waals surface area contributed by atoms with Gasteiger partial charge in [0.1, 0.15) is 24.8 Å². The number of aromatic nitrogens is 2. The van der Waals surface area contributed by atoms with Gasteiger partial charge in [-0.15, -0.1) is 0 Å². The predicted octanol–water partition coefficient (Wildman–Crippen LogP) is 4.83. The first kappa shape index (κ1) is 18.9. The van der Waals surface area contributed by atoms with E-state index in [-0.39, 0.29) is 6.10 Å². The van der Waals surface area contributed by atoms with Gasteiger partial charge in [0.2, 0.25) is 5.95 Å². The molecule has 29 heavy (non-hydrogen) atoms. The summed E-state index contributed by atoms with van der Waals surface area (Å²) < 4.78 is 17.1. The molecule has 0 amide bonds. The van der Waals surface area contributed by atoms with E-state index in [1.54, 1.807) is 0 Å². The highest BCUT2D eigenvalue weighted by molar-refractivity contribution is 5.65. The Morgan fingerprint density at radius 1 is 0.931 bits per heavy atom. The zero-order valence-corrected chi connectivity index (χ0v) is 16.7. The molecule has 0 unspecified atom stereocenters. The van der Waals surface area contributed by atoms with Crippen molar-refractivity contribution < 1.29 is 14.2 Å². The molecule has 0 radical (unpaired) electrons. The topological polar surface area (TPSA) is 77.5 Å². The number of fused-ring (bicyclic) bond motifs is 1. The molecule has 0 saturated carbocycles. The number of nitrogens with one attached hydrogen (secondary N) is 2. The smallest absolute Gasteiger partial charge is 0.229 e. The predicted molar refractivity (Wildman–Crippen MR) is 113 cm³/mol. The molecule has 0 atom stereocenters. The molecule has 2 heterocycles. The third-order valence-corrected chi connectivity index (χ3v) is 4.17. The van der Waals surface area contributed by atoms with Gasteiger partial charge in [-0.2, -0.15) is 4.98 Å². The molecule has 0 fully saturated rings. The third-order valence-electron chi connectivity index (χ3n) is 4.17. The lowest BCUT2D eigenvalue weighted by Gasteiger charge is -2.19. The van der Waals surface area contributed by atoms with Crippen molar-refractivity contribution in [1.29, 1.82) is 0 Å². The summed E-state index contributed by atoms with van der Waals surface area (Å²) in [6, 6.07) is 15.4. The van der Waals surface area contributed by atoms with Crippen LogP contribution in [0.15, 0.2) is 48.5 Å². The van der Waals surface area contributed by atoms with Gasteiger partial charge < -0.3 is 24.8 Å². The van der Waals surface area contributed by atoms with E-state index in [4.69, 9.17) is 14.2 Å². The van der Waals surface area contributed by atoms with Crippen molar-refractivity contribution in [3.8, 4) is 17.2 Å². The zero-order valence-electron chi connectivity index (χ0n) is 16.7. The van der Waals surface area contributed by atoms with Crippen molar-refractivity contribution in [2.45, 2.75) is 26.9 Å². The van der Waals surface area contributed by atoms with Crippen LogP contribution in [0.5, 0.6) is 17.2 Å². The highest BCUT2D eigenvalue weighted by Gasteiger charge is 2.13. The summed E-state index contributed by atoms with van der Waals surface area (Å²) in [6.07, 6.45) is 0.0730. The van der Waals surface area contributed by atoms with E-state index in [1.165, 1.54) is 0 Å². The minimum Gasteiger partial charge on any atom is -0.489 e. The van der Waals surface area contributed by atoms with Crippen LogP contribution >= 0.6 is 0 Å². The molecule has 150 valence electrons. The lowest BCUT2D eigenvalue weighted by atomic mass is 10.2. The number of hydrogen-bond acceptors (Lipinski definition) is 7. The molecule has 1 aliphatic rings. The van der Waals surface area contributed by atoms with Crippen LogP contribution in [0.2, 0.25) is 0 Å². The SMILES string of the molecule is Cc1cc(Nc2ccc3c(c2)OCCO3)nc(Nc2ccccc2OC(C)C)n1. The van der Waals surface area contributed by atoms with Gasteiger partial charge in [-0.3, -0.25) is 0 Å². The Bertz CT molecular complexity index is 1010. The number of para-hydroxylation sites is 2. The Kier molecular flexibility index (Phi) is 5.37. The van der Waals surface area contributed by atoms with Crippen LogP contribution in [0.3, 0.4) is 0 Å². The van der Waals surface area contributed by atoms with Gasteiger partial charge in [-0.05, 0) is 45.0 Å². The van der Waals surface area contributed by atoms with Gasteiger partial charge >= 0.3 is 0 Å². The molecule has 7 heteroatoms. The summed E-state index contributed by atoms with van der Waals surface area (Å²) in [4.78, 5) is 9.09. The number of ether oxygens (including phenoxy) is 3. The molecule has 3 aromatic rings. The number of aryl methyl sites for hydroxylation is 1. The minimum absolute atomic E-state index is 0.0730. The van der Waals surface area contributed by atoms with Crippen molar-refractivity contribution in [3.63, 3.8) is 0 Å². The lowest BCUT2D eigenvalue weighted by Crippen LogP contribution is -2.15. The lowest BCUT2D eigenvalue weighted by molar-refractivity contribution is 0.171. The van der Waals surface area contributed by atoms with Crippen LogP contribution in [0.1, 0.15) is 19.5 Å². The largest absolute Gasteiger partial charge is 0.489 e. The third kappa shape index (κ3) is 4.68. The Morgan fingerprint density at radius 2 is 1.72 bits per heavy atom. The first-order chi connectivity index (χ1) is 14.1. The normalized spacial score (nSPS) is 12.6. The summed E-state index contributed by atoms with van der Waals surface area (Å²) in [5.74, 6) is 3.41. The van der Waals surface area contributed by atoms with Gasteiger partial charge in [0.15, 0.2) is 11.5 Å². The maximum absolute atomic E-state index is 5.87. The van der Waals surface area contributed by atoms with Crippen LogP contribution in [0.4, 0.5) is 23.1 Å². The maximum atomic E-state index is 5.87. The van der Waals surface area contributed by atoms with E-state index in [0.29, 0.717) is 25.0 Å². The van der Waals surface area contributed by atoms with E-state index in [2.05, 4.69) is 20.6 Å². The molecule has 2 aromatic carbocycles. The van der Waals surface area contributed by atoms with E-state index in [9.17, 15) is 0 Å². The second-order valence-corrected chi connectivity index (χ2v) is 6.99. The Hall–Kier alpha value is -3.48. The van der Waals surface area contributed by atoms with Crippen LogP contribution in [0, 0.1) is 6.92 Å². The fraction of sp³-hybridized carbons (Fsp3) is 0.273. The van der Waals surface area contributed by atoms with Crippen LogP contribution < -0.4 is 24.8 Å². The average Bonchev–Trinajstić information content (AvgIpc) is 2.68. The number of anilines is 4. The first-order valence-corrected chi connectivity index (χ1v) is 9.62. The highest BCUT2D eigenvalue weighted by atomic mass is 16.6. The van der Waals surface area contributed by atoms with Crippen LogP contribution in [0.25, 0.3) is 0 Å². The quantitative estimate of drug-likeness (QED) is 0.622. The van der Waals surface area contributed by atoms with Crippen molar-refractivity contribution in [1.82, 2.24) is 9.97 Å². The summed E-state index contributed by atoms with van der Waals surface area (Å²) in [5.41, 5.74) is 2.52. The molecule has 0 bridgehead atoms. The fourth-order valence-corrected chi connectivity index (χ4v) is 3.00. The second-order valence-electron chi connectivity index (χ2n) is 6.99. The van der Waals surface area contributed by atoms with E-state index >= 15 is 0 Å². The summed E-state index contributed by atoms with van der Waals surface area (Å²) in [6.45, 7) is 7.04. The Labute approximate surface area is 170 Å². The molecule has 0 spiro atoms. The van der Waals surface area contributed by atoms with Crippen LogP contribution in [-0.4, -0.2) is 29.3 Å². The van der Waals surface area contributed by atoms with Gasteiger partial charge in [-0.25, -0.2) is 4.98 Å². The van der Waals surface area contributed by atoms with Gasteiger partial charge in [-0.1, -0.05) is 12.1 Å². The van der Waals surface area contributed by atoms with E-state index in [0.717, 1.165) is 34.3 Å². The zero-order chi connectivity index (χ0) is 20.2. The average molecular weight is 392 g/mol. The Morgan fingerprint density at radius 3 is 2.55 bits per heavy atom. The number of hydrogen-bond donors (Lipinski definition) is 2. The maximum Gasteiger partial charge on any atom is 0.229 e. The van der Waals surface area contributed by atoms with E-state index in [1.807, 2.05) is 69.3 Å². The van der Waals surface area contributed by atoms with Gasteiger partial charge in [0, 0.05) is 23.5 Å². The molecular weight excluding hydrogens is 368 g/mol. The fourth-order valence-electron chi connectivity index (χ4n) is 3.00. The second kappa shape index (κ2) is 8.26. The number of rotatable bonds is 6. The standard InChI is InChI=1S/C22H24N4O3/c1-14(2)29-18-7-5-4-6-17(18)25-22-23-15(3)12-21(26-22)24-16-8-9-19-20(13-16)28-11-10-27-19/h4-9,12-14H,10-11H2,1-3H3,(H2,23,24,25,26). The summed E-state index contributed by atoms with van der Waals surface area (Å²) >= 11 is 0. The molecule has 1 aliphatic heterocycles. The monoisotopic (exact) mass is 392 g/mol. The molecule has 1 aromatic heterocycles. The molecule has 0 aliphatic carbocycles.